The minimum Gasteiger partial charge on any atom is -0.394 e. The first-order chi connectivity index (χ1) is 9.85. The number of nitrogens with zero attached hydrogens (tertiary/aromatic N) is 1. The number of likely N-dealkylation sites (N-methyl/N-ethyl adjacent to an activating group) is 1. The van der Waals surface area contributed by atoms with Crippen LogP contribution in [0.2, 0.25) is 0 Å². The van der Waals surface area contributed by atoms with Gasteiger partial charge in [-0.15, -0.1) is 0 Å². The lowest BCUT2D eigenvalue weighted by atomic mass is 10.00. The number of urea groups is 1. The Bertz CT molecular complexity index is 443. The number of benzene rings is 1. The van der Waals surface area contributed by atoms with Crippen LogP contribution in [0.15, 0.2) is 24.3 Å². The molecule has 0 aliphatic carbocycles. The number of nitrogens with one attached hydrogen (secondary N) is 1. The Labute approximate surface area is 128 Å². The van der Waals surface area contributed by atoms with E-state index in [1.54, 1.807) is 7.05 Å². The van der Waals surface area contributed by atoms with Crippen molar-refractivity contribution in [2.45, 2.75) is 46.2 Å². The fourth-order valence-corrected chi connectivity index (χ4v) is 2.11. The Hall–Kier alpha value is -1.55. The number of amides is 2. The summed E-state index contributed by atoms with van der Waals surface area (Å²) in [4.78, 5) is 13.6. The molecule has 0 aliphatic rings. The van der Waals surface area contributed by atoms with Crippen LogP contribution < -0.4 is 5.32 Å². The predicted octanol–water partition coefficient (Wildman–Crippen LogP) is 2.97. The van der Waals surface area contributed by atoms with Gasteiger partial charge in [-0.25, -0.2) is 4.79 Å². The molecule has 4 heteroatoms. The SMILES string of the molecule is CC(C)Cc1ccc(C(C)NC(=O)N(C)C(C)CO)cc1. The second kappa shape index (κ2) is 8.03. The molecule has 0 aromatic heterocycles. The largest absolute Gasteiger partial charge is 0.394 e. The summed E-state index contributed by atoms with van der Waals surface area (Å²) < 4.78 is 0. The maximum Gasteiger partial charge on any atom is 0.317 e. The van der Waals surface area contributed by atoms with E-state index in [4.69, 9.17) is 5.11 Å². The summed E-state index contributed by atoms with van der Waals surface area (Å²) in [6.07, 6.45) is 1.07. The van der Waals surface area contributed by atoms with E-state index < -0.39 is 0 Å². The molecule has 0 heterocycles. The highest BCUT2D eigenvalue weighted by Crippen LogP contribution is 2.16. The lowest BCUT2D eigenvalue weighted by molar-refractivity contribution is 0.155. The van der Waals surface area contributed by atoms with E-state index in [1.807, 2.05) is 13.8 Å². The number of hydrogen-bond acceptors (Lipinski definition) is 2. The van der Waals surface area contributed by atoms with Crippen molar-refractivity contribution in [1.82, 2.24) is 10.2 Å². The van der Waals surface area contributed by atoms with Crippen LogP contribution in [-0.2, 0) is 6.42 Å². The third-order valence-corrected chi connectivity index (χ3v) is 3.71. The van der Waals surface area contributed by atoms with Crippen LogP contribution in [0, 0.1) is 5.92 Å². The molecule has 2 amide bonds. The summed E-state index contributed by atoms with van der Waals surface area (Å²) in [6.45, 7) is 8.14. The number of carbonyl (C=O) groups excluding carboxylic acids is 1. The molecule has 0 spiro atoms. The van der Waals surface area contributed by atoms with Gasteiger partial charge in [-0.3, -0.25) is 0 Å². The summed E-state index contributed by atoms with van der Waals surface area (Å²) in [5.41, 5.74) is 2.40. The third-order valence-electron chi connectivity index (χ3n) is 3.71. The van der Waals surface area contributed by atoms with E-state index >= 15 is 0 Å². The van der Waals surface area contributed by atoms with Crippen LogP contribution in [-0.4, -0.2) is 35.7 Å². The number of hydrogen-bond donors (Lipinski definition) is 2. The van der Waals surface area contributed by atoms with Crippen LogP contribution in [0.5, 0.6) is 0 Å². The maximum absolute atomic E-state index is 12.0. The predicted molar refractivity (Wildman–Crippen MR) is 86.2 cm³/mol. The van der Waals surface area contributed by atoms with Crippen LogP contribution in [0.1, 0.15) is 44.9 Å². The minimum atomic E-state index is -0.189. The number of aliphatic hydroxyl groups excluding tert-OH is 1. The van der Waals surface area contributed by atoms with Crippen molar-refractivity contribution in [3.8, 4) is 0 Å². The minimum absolute atomic E-state index is 0.0395. The van der Waals surface area contributed by atoms with Gasteiger partial charge >= 0.3 is 6.03 Å². The molecule has 0 aliphatic heterocycles. The molecule has 0 radical (unpaired) electrons. The Morgan fingerprint density at radius 1 is 1.19 bits per heavy atom. The molecule has 4 nitrogen and oxygen atoms in total. The molecule has 1 rings (SSSR count). The van der Waals surface area contributed by atoms with Gasteiger partial charge in [-0.2, -0.15) is 0 Å². The highest BCUT2D eigenvalue weighted by Gasteiger charge is 2.17. The molecule has 118 valence electrons. The number of carbonyl (C=O) groups is 1. The number of rotatable bonds is 6. The van der Waals surface area contributed by atoms with Gasteiger partial charge in [-0.05, 0) is 37.3 Å². The fraction of sp³-hybridized carbons (Fsp3) is 0.588. The second-order valence-electron chi connectivity index (χ2n) is 6.15. The van der Waals surface area contributed by atoms with Crippen LogP contribution in [0.25, 0.3) is 0 Å². The first kappa shape index (κ1) is 17.5. The van der Waals surface area contributed by atoms with E-state index in [1.165, 1.54) is 10.5 Å². The molecular weight excluding hydrogens is 264 g/mol. The molecule has 1 aromatic rings. The van der Waals surface area contributed by atoms with Crippen LogP contribution in [0.4, 0.5) is 4.79 Å². The Morgan fingerprint density at radius 3 is 2.24 bits per heavy atom. The van der Waals surface area contributed by atoms with Crippen molar-refractivity contribution in [3.05, 3.63) is 35.4 Å². The van der Waals surface area contributed by atoms with Crippen LogP contribution >= 0.6 is 0 Å². The monoisotopic (exact) mass is 292 g/mol. The molecular formula is C17H28N2O2. The smallest absolute Gasteiger partial charge is 0.317 e. The molecule has 0 saturated carbocycles. The molecule has 2 N–H and O–H groups in total. The van der Waals surface area contributed by atoms with Crippen molar-refractivity contribution < 1.29 is 9.90 Å². The topological polar surface area (TPSA) is 52.6 Å². The molecule has 0 saturated heterocycles. The molecule has 21 heavy (non-hydrogen) atoms. The number of aliphatic hydroxyl groups is 1. The van der Waals surface area contributed by atoms with Crippen LogP contribution in [0.3, 0.4) is 0 Å². The lowest BCUT2D eigenvalue weighted by Gasteiger charge is -2.25. The molecule has 1 aromatic carbocycles. The van der Waals surface area contributed by atoms with Gasteiger partial charge in [0.2, 0.25) is 0 Å². The molecule has 0 fully saturated rings. The highest BCUT2D eigenvalue weighted by molar-refractivity contribution is 5.74. The second-order valence-corrected chi connectivity index (χ2v) is 6.15. The maximum atomic E-state index is 12.0. The molecule has 2 unspecified atom stereocenters. The zero-order valence-electron chi connectivity index (χ0n) is 13.8. The summed E-state index contributed by atoms with van der Waals surface area (Å²) in [6, 6.07) is 7.96. The standard InChI is InChI=1S/C17H28N2O2/c1-12(2)10-15-6-8-16(9-7-15)14(4)18-17(21)19(5)13(3)11-20/h6-9,12-14,20H,10-11H2,1-5H3,(H,18,21). The first-order valence-electron chi connectivity index (χ1n) is 7.58. The third kappa shape index (κ3) is 5.38. The lowest BCUT2D eigenvalue weighted by Crippen LogP contribution is -2.44. The fourth-order valence-electron chi connectivity index (χ4n) is 2.11. The van der Waals surface area contributed by atoms with Gasteiger partial charge in [0.25, 0.3) is 0 Å². The van der Waals surface area contributed by atoms with Gasteiger partial charge in [0.05, 0.1) is 18.7 Å². The summed E-state index contributed by atoms with van der Waals surface area (Å²) in [5, 5.41) is 12.0. The Morgan fingerprint density at radius 2 is 1.76 bits per heavy atom. The van der Waals surface area contributed by atoms with Gasteiger partial charge < -0.3 is 15.3 Å². The Balaban J connectivity index is 2.63. The first-order valence-corrected chi connectivity index (χ1v) is 7.58. The highest BCUT2D eigenvalue weighted by atomic mass is 16.3. The Kier molecular flexibility index (Phi) is 6.69. The van der Waals surface area contributed by atoms with E-state index in [9.17, 15) is 4.79 Å². The summed E-state index contributed by atoms with van der Waals surface area (Å²) in [7, 11) is 1.69. The van der Waals surface area contributed by atoms with Crippen molar-refractivity contribution >= 4 is 6.03 Å². The van der Waals surface area contributed by atoms with E-state index in [2.05, 4.69) is 43.4 Å². The average Bonchev–Trinajstić information content (AvgIpc) is 2.45. The normalized spacial score (nSPS) is 13.9. The van der Waals surface area contributed by atoms with Crippen molar-refractivity contribution in [3.63, 3.8) is 0 Å². The van der Waals surface area contributed by atoms with Crippen molar-refractivity contribution in [2.75, 3.05) is 13.7 Å². The average molecular weight is 292 g/mol. The van der Waals surface area contributed by atoms with E-state index in [-0.39, 0.29) is 24.7 Å². The zero-order chi connectivity index (χ0) is 16.0. The van der Waals surface area contributed by atoms with E-state index in [0.29, 0.717) is 5.92 Å². The van der Waals surface area contributed by atoms with Crippen molar-refractivity contribution in [2.24, 2.45) is 5.92 Å². The summed E-state index contributed by atoms with van der Waals surface area (Å²) >= 11 is 0. The molecule has 2 atom stereocenters. The van der Waals surface area contributed by atoms with Gasteiger partial charge in [0.1, 0.15) is 0 Å². The zero-order valence-corrected chi connectivity index (χ0v) is 13.8. The quantitative estimate of drug-likeness (QED) is 0.847. The van der Waals surface area contributed by atoms with Gasteiger partial charge in [-0.1, -0.05) is 38.1 Å². The molecule has 0 bridgehead atoms. The van der Waals surface area contributed by atoms with Crippen molar-refractivity contribution in [1.29, 1.82) is 0 Å². The van der Waals surface area contributed by atoms with E-state index in [0.717, 1.165) is 12.0 Å². The van der Waals surface area contributed by atoms with Gasteiger partial charge in [0.15, 0.2) is 0 Å². The van der Waals surface area contributed by atoms with Gasteiger partial charge in [0, 0.05) is 7.05 Å². The summed E-state index contributed by atoms with van der Waals surface area (Å²) in [5.74, 6) is 0.640.